The van der Waals surface area contributed by atoms with Crippen LogP contribution in [0.15, 0.2) is 33.6 Å². The molecule has 0 radical (unpaired) electrons. The van der Waals surface area contributed by atoms with Gasteiger partial charge in [-0.15, -0.1) is 0 Å². The number of nitrogens with one attached hydrogen (secondary N) is 1. The smallest absolute Gasteiger partial charge is 0.324 e. The zero-order valence-corrected chi connectivity index (χ0v) is 17.7. The van der Waals surface area contributed by atoms with E-state index < -0.39 is 40.5 Å². The second-order valence-electron chi connectivity index (χ2n) is 6.13. The van der Waals surface area contributed by atoms with Gasteiger partial charge < -0.3 is 9.64 Å². The molecule has 1 atom stereocenters. The fourth-order valence-electron chi connectivity index (χ4n) is 1.98. The molecule has 0 spiro atoms. The van der Waals surface area contributed by atoms with Crippen molar-refractivity contribution in [1.82, 2.24) is 9.62 Å². The SMILES string of the molecule is CC(C)C(NS(=O)(=O)c1ccc(Br)cc1)C(=O)OCC(=O)N(C)CCC#N. The van der Waals surface area contributed by atoms with Gasteiger partial charge in [0.1, 0.15) is 6.04 Å². The molecule has 1 amide bonds. The van der Waals surface area contributed by atoms with E-state index in [4.69, 9.17) is 10.00 Å². The number of rotatable bonds is 9. The van der Waals surface area contributed by atoms with Gasteiger partial charge in [-0.05, 0) is 30.2 Å². The van der Waals surface area contributed by atoms with Crippen LogP contribution in [0.3, 0.4) is 0 Å². The predicted molar refractivity (Wildman–Crippen MR) is 102 cm³/mol. The number of nitrogens with zero attached hydrogens (tertiary/aromatic N) is 2. The van der Waals surface area contributed by atoms with Crippen molar-refractivity contribution < 1.29 is 22.7 Å². The molecule has 27 heavy (non-hydrogen) atoms. The van der Waals surface area contributed by atoms with Crippen molar-refractivity contribution in [1.29, 1.82) is 5.26 Å². The molecule has 0 fully saturated rings. The molecular formula is C17H22BrN3O5S. The lowest BCUT2D eigenvalue weighted by molar-refractivity contribution is -0.153. The molecule has 1 unspecified atom stereocenters. The molecule has 8 nitrogen and oxygen atoms in total. The molecule has 1 N–H and O–H groups in total. The highest BCUT2D eigenvalue weighted by molar-refractivity contribution is 9.10. The van der Waals surface area contributed by atoms with Crippen molar-refractivity contribution in [3.05, 3.63) is 28.7 Å². The van der Waals surface area contributed by atoms with Crippen LogP contribution >= 0.6 is 15.9 Å². The van der Waals surface area contributed by atoms with Gasteiger partial charge in [0.05, 0.1) is 17.4 Å². The number of hydrogen-bond acceptors (Lipinski definition) is 6. The first-order valence-electron chi connectivity index (χ1n) is 8.14. The Kier molecular flexibility index (Phi) is 8.88. The Hall–Kier alpha value is -1.96. The summed E-state index contributed by atoms with van der Waals surface area (Å²) in [4.78, 5) is 25.5. The van der Waals surface area contributed by atoms with Crippen LogP contribution in [0.5, 0.6) is 0 Å². The number of sulfonamides is 1. The number of halogens is 1. The lowest BCUT2D eigenvalue weighted by Gasteiger charge is -2.21. The Bertz CT molecular complexity index is 803. The fourth-order valence-corrected chi connectivity index (χ4v) is 3.58. The molecule has 0 aliphatic heterocycles. The Morgan fingerprint density at radius 1 is 1.30 bits per heavy atom. The van der Waals surface area contributed by atoms with Crippen LogP contribution in [0.25, 0.3) is 0 Å². The second-order valence-corrected chi connectivity index (χ2v) is 8.76. The van der Waals surface area contributed by atoms with E-state index in [1.54, 1.807) is 26.0 Å². The standard InChI is InChI=1S/C17H22BrN3O5S/c1-12(2)16(17(23)26-11-15(22)21(3)10-4-9-19)20-27(24,25)14-7-5-13(18)6-8-14/h5-8,12,16,20H,4,10-11H2,1-3H3. The summed E-state index contributed by atoms with van der Waals surface area (Å²) in [6, 6.07) is 6.74. The fraction of sp³-hybridized carbons (Fsp3) is 0.471. The molecule has 1 aromatic carbocycles. The summed E-state index contributed by atoms with van der Waals surface area (Å²) >= 11 is 3.23. The Balaban J connectivity index is 2.77. The summed E-state index contributed by atoms with van der Waals surface area (Å²) in [5.41, 5.74) is 0. The maximum atomic E-state index is 12.5. The maximum Gasteiger partial charge on any atom is 0.324 e. The van der Waals surface area contributed by atoms with E-state index in [1.165, 1.54) is 24.1 Å². The second kappa shape index (κ2) is 10.4. The van der Waals surface area contributed by atoms with Crippen LogP contribution < -0.4 is 4.72 Å². The monoisotopic (exact) mass is 459 g/mol. The lowest BCUT2D eigenvalue weighted by Crippen LogP contribution is -2.46. The van der Waals surface area contributed by atoms with Gasteiger partial charge in [0.2, 0.25) is 10.0 Å². The van der Waals surface area contributed by atoms with E-state index in [2.05, 4.69) is 20.7 Å². The minimum absolute atomic E-state index is 0.0106. The van der Waals surface area contributed by atoms with E-state index >= 15 is 0 Å². The topological polar surface area (TPSA) is 117 Å². The molecule has 148 valence electrons. The molecule has 1 rings (SSSR count). The van der Waals surface area contributed by atoms with Crippen LogP contribution in [-0.4, -0.2) is 51.4 Å². The molecule has 0 aromatic heterocycles. The third-order valence-electron chi connectivity index (χ3n) is 3.65. The first-order chi connectivity index (χ1) is 12.6. The highest BCUT2D eigenvalue weighted by Gasteiger charge is 2.30. The molecule has 0 saturated carbocycles. The van der Waals surface area contributed by atoms with E-state index in [1.807, 2.05) is 6.07 Å². The number of carbonyl (C=O) groups excluding carboxylic acids is 2. The van der Waals surface area contributed by atoms with E-state index in [0.29, 0.717) is 0 Å². The van der Waals surface area contributed by atoms with Gasteiger partial charge >= 0.3 is 5.97 Å². The van der Waals surface area contributed by atoms with Crippen LogP contribution in [0.1, 0.15) is 20.3 Å². The lowest BCUT2D eigenvalue weighted by atomic mass is 10.1. The van der Waals surface area contributed by atoms with Gasteiger partial charge in [0, 0.05) is 18.1 Å². The predicted octanol–water partition coefficient (Wildman–Crippen LogP) is 1.67. The van der Waals surface area contributed by atoms with Gasteiger partial charge in [0.25, 0.3) is 5.91 Å². The number of amides is 1. The Morgan fingerprint density at radius 3 is 2.41 bits per heavy atom. The number of likely N-dealkylation sites (N-methyl/N-ethyl adjacent to an activating group) is 1. The number of carbonyl (C=O) groups is 2. The minimum atomic E-state index is -3.94. The van der Waals surface area contributed by atoms with Crippen molar-refractivity contribution in [2.24, 2.45) is 5.92 Å². The molecule has 10 heteroatoms. The zero-order valence-electron chi connectivity index (χ0n) is 15.3. The van der Waals surface area contributed by atoms with Crippen molar-refractivity contribution in [2.75, 3.05) is 20.2 Å². The minimum Gasteiger partial charge on any atom is -0.454 e. The van der Waals surface area contributed by atoms with E-state index in [0.717, 1.165) is 4.47 Å². The molecule has 0 aliphatic carbocycles. The van der Waals surface area contributed by atoms with Gasteiger partial charge in [-0.2, -0.15) is 9.98 Å². The van der Waals surface area contributed by atoms with E-state index in [9.17, 15) is 18.0 Å². The normalized spacial score (nSPS) is 12.3. The summed E-state index contributed by atoms with van der Waals surface area (Å²) < 4.78 is 33.0. The third-order valence-corrected chi connectivity index (χ3v) is 5.63. The highest BCUT2D eigenvalue weighted by atomic mass is 79.9. The van der Waals surface area contributed by atoms with Gasteiger partial charge in [-0.3, -0.25) is 9.59 Å². The van der Waals surface area contributed by atoms with Gasteiger partial charge in [0.15, 0.2) is 6.61 Å². The van der Waals surface area contributed by atoms with Crippen molar-refractivity contribution in [3.8, 4) is 6.07 Å². The molecule has 0 bridgehead atoms. The number of ether oxygens (including phenoxy) is 1. The van der Waals surface area contributed by atoms with E-state index in [-0.39, 0.29) is 17.9 Å². The molecule has 0 aliphatic rings. The van der Waals surface area contributed by atoms with Gasteiger partial charge in [-0.25, -0.2) is 8.42 Å². The molecule has 0 saturated heterocycles. The Labute approximate surface area is 167 Å². The number of hydrogen-bond donors (Lipinski definition) is 1. The first-order valence-corrected chi connectivity index (χ1v) is 10.4. The Morgan fingerprint density at radius 2 is 1.89 bits per heavy atom. The molecular weight excluding hydrogens is 438 g/mol. The third kappa shape index (κ3) is 7.28. The van der Waals surface area contributed by atoms with Crippen molar-refractivity contribution in [3.63, 3.8) is 0 Å². The van der Waals surface area contributed by atoms with Crippen LogP contribution in [0.4, 0.5) is 0 Å². The molecule has 1 aromatic rings. The first kappa shape index (κ1) is 23.1. The maximum absolute atomic E-state index is 12.5. The summed E-state index contributed by atoms with van der Waals surface area (Å²) in [6.45, 7) is 3.02. The zero-order chi connectivity index (χ0) is 20.6. The van der Waals surface area contributed by atoms with Gasteiger partial charge in [-0.1, -0.05) is 29.8 Å². The summed E-state index contributed by atoms with van der Waals surface area (Å²) in [6.07, 6.45) is 0.164. The quantitative estimate of drug-likeness (QED) is 0.561. The largest absolute Gasteiger partial charge is 0.454 e. The van der Waals surface area contributed by atoms with Crippen molar-refractivity contribution >= 4 is 37.8 Å². The summed E-state index contributed by atoms with van der Waals surface area (Å²) in [5, 5.41) is 8.53. The summed E-state index contributed by atoms with van der Waals surface area (Å²) in [7, 11) is -2.45. The average Bonchev–Trinajstić information content (AvgIpc) is 2.62. The summed E-state index contributed by atoms with van der Waals surface area (Å²) in [5.74, 6) is -1.71. The average molecular weight is 460 g/mol. The van der Waals surface area contributed by atoms with Crippen LogP contribution in [-0.2, 0) is 24.3 Å². The van der Waals surface area contributed by atoms with Crippen LogP contribution in [0.2, 0.25) is 0 Å². The number of nitriles is 1. The van der Waals surface area contributed by atoms with Crippen LogP contribution in [0, 0.1) is 17.2 Å². The highest BCUT2D eigenvalue weighted by Crippen LogP contribution is 2.16. The number of esters is 1. The van der Waals surface area contributed by atoms with Crippen molar-refractivity contribution in [2.45, 2.75) is 31.2 Å². The molecule has 0 heterocycles. The number of benzene rings is 1.